The highest BCUT2D eigenvalue weighted by molar-refractivity contribution is 8.04. The second-order valence-corrected chi connectivity index (χ2v) is 7.23. The molecule has 0 saturated heterocycles. The summed E-state index contributed by atoms with van der Waals surface area (Å²) in [5.74, 6) is -0.163. The molecular weight excluding hydrogens is 388 g/mol. The number of allylic oxidation sites excluding steroid dienone is 1. The second kappa shape index (κ2) is 10.6. The van der Waals surface area contributed by atoms with E-state index in [-0.39, 0.29) is 17.2 Å². The van der Waals surface area contributed by atoms with E-state index in [1.165, 1.54) is 31.2 Å². The van der Waals surface area contributed by atoms with Gasteiger partial charge in [0, 0.05) is 11.9 Å². The number of methoxy groups -OCH3 is 1. The first-order valence-corrected chi connectivity index (χ1v) is 10.1. The zero-order valence-electron chi connectivity index (χ0n) is 17.0. The number of rotatable bonds is 9. The molecule has 0 bridgehead atoms. The van der Waals surface area contributed by atoms with Crippen molar-refractivity contribution in [3.63, 3.8) is 0 Å². The van der Waals surface area contributed by atoms with E-state index in [4.69, 9.17) is 14.8 Å². The number of carbonyl (C=O) groups is 1. The van der Waals surface area contributed by atoms with Gasteiger partial charge in [0.25, 0.3) is 0 Å². The van der Waals surface area contributed by atoms with Gasteiger partial charge in [-0.1, -0.05) is 32.1 Å². The molecule has 2 aromatic carbocycles. The fraction of sp³-hybridized carbons (Fsp3) is 0.273. The van der Waals surface area contributed by atoms with Crippen LogP contribution >= 0.6 is 11.9 Å². The number of ether oxygens (including phenoxy) is 1. The van der Waals surface area contributed by atoms with Crippen molar-refractivity contribution in [2.75, 3.05) is 11.8 Å². The van der Waals surface area contributed by atoms with Gasteiger partial charge in [0.1, 0.15) is 16.5 Å². The number of phenols is 1. The Hall–Kier alpha value is -2.93. The van der Waals surface area contributed by atoms with Crippen molar-refractivity contribution in [1.29, 1.82) is 0 Å². The molecule has 0 aliphatic carbocycles. The number of carboxylic acids is 1. The molecular formula is C22H26N2O4S. The van der Waals surface area contributed by atoms with Gasteiger partial charge in [0.2, 0.25) is 0 Å². The average molecular weight is 415 g/mol. The SMILES string of the molecule is C/C=C(\N=C(\c1cccc(O)c1)C(C)CC)SNc1ccc(C(=O)O)cc1OC. The van der Waals surface area contributed by atoms with E-state index in [2.05, 4.69) is 18.6 Å². The molecule has 2 rings (SSSR count). The van der Waals surface area contributed by atoms with Crippen molar-refractivity contribution in [3.05, 3.63) is 64.7 Å². The van der Waals surface area contributed by atoms with Crippen LogP contribution in [0.4, 0.5) is 5.69 Å². The Bertz CT molecular complexity index is 925. The molecule has 0 fully saturated rings. The monoisotopic (exact) mass is 414 g/mol. The van der Waals surface area contributed by atoms with Crippen molar-refractivity contribution < 1.29 is 19.7 Å². The van der Waals surface area contributed by atoms with Crippen molar-refractivity contribution in [3.8, 4) is 11.5 Å². The molecule has 0 aliphatic heterocycles. The topological polar surface area (TPSA) is 91.2 Å². The number of nitrogens with one attached hydrogen (secondary N) is 1. The fourth-order valence-corrected chi connectivity index (χ4v) is 3.24. The number of benzene rings is 2. The molecule has 0 radical (unpaired) electrons. The van der Waals surface area contributed by atoms with Gasteiger partial charge in [-0.25, -0.2) is 9.79 Å². The number of nitrogens with zero attached hydrogens (tertiary/aromatic N) is 1. The molecule has 7 heteroatoms. The summed E-state index contributed by atoms with van der Waals surface area (Å²) in [6, 6.07) is 11.7. The number of phenolic OH excluding ortho intramolecular Hbond substituents is 1. The minimum absolute atomic E-state index is 0.157. The molecule has 2 aromatic rings. The first-order valence-electron chi connectivity index (χ1n) is 9.28. The van der Waals surface area contributed by atoms with Gasteiger partial charge >= 0.3 is 5.97 Å². The normalized spacial score (nSPS) is 13.1. The minimum Gasteiger partial charge on any atom is -0.508 e. The van der Waals surface area contributed by atoms with Crippen LogP contribution in [0.2, 0.25) is 0 Å². The zero-order valence-corrected chi connectivity index (χ0v) is 17.8. The predicted molar refractivity (Wildman–Crippen MR) is 119 cm³/mol. The molecule has 3 N–H and O–H groups in total. The maximum absolute atomic E-state index is 11.1. The van der Waals surface area contributed by atoms with Crippen LogP contribution in [0.15, 0.2) is 58.6 Å². The number of anilines is 1. The van der Waals surface area contributed by atoms with Crippen LogP contribution in [-0.2, 0) is 0 Å². The molecule has 1 atom stereocenters. The Morgan fingerprint density at radius 1 is 1.28 bits per heavy atom. The molecule has 0 saturated carbocycles. The minimum atomic E-state index is -1.01. The lowest BCUT2D eigenvalue weighted by Gasteiger charge is -2.16. The maximum Gasteiger partial charge on any atom is 0.335 e. The predicted octanol–water partition coefficient (Wildman–Crippen LogP) is 5.56. The Kier molecular flexibility index (Phi) is 8.15. The van der Waals surface area contributed by atoms with E-state index >= 15 is 0 Å². The molecule has 154 valence electrons. The summed E-state index contributed by atoms with van der Waals surface area (Å²) in [6.07, 6.45) is 2.80. The van der Waals surface area contributed by atoms with Gasteiger partial charge in [0.15, 0.2) is 0 Å². The molecule has 0 aromatic heterocycles. The smallest absolute Gasteiger partial charge is 0.335 e. The van der Waals surface area contributed by atoms with Crippen LogP contribution < -0.4 is 9.46 Å². The third kappa shape index (κ3) is 6.02. The Balaban J connectivity index is 2.27. The summed E-state index contributed by atoms with van der Waals surface area (Å²) < 4.78 is 8.48. The standard InChI is InChI=1S/C22H26N2O4S/c1-5-14(3)21(15-8-7-9-17(25)12-15)23-20(6-2)29-24-18-11-10-16(22(26)27)13-19(18)28-4/h6-14,24-25H,5H2,1-4H3,(H,26,27)/b20-6+,23-21+. The molecule has 0 heterocycles. The summed E-state index contributed by atoms with van der Waals surface area (Å²) >= 11 is 1.31. The number of carboxylic acid groups (broad SMARTS) is 1. The quantitative estimate of drug-likeness (QED) is 0.368. The average Bonchev–Trinajstić information content (AvgIpc) is 2.73. The zero-order chi connectivity index (χ0) is 21.4. The molecule has 0 aliphatic rings. The first kappa shape index (κ1) is 22.4. The number of hydrogen-bond donors (Lipinski definition) is 3. The lowest BCUT2D eigenvalue weighted by Crippen LogP contribution is -2.12. The number of aliphatic imine (C=N–C) groups is 1. The van der Waals surface area contributed by atoms with Crippen LogP contribution in [-0.4, -0.2) is 29.0 Å². The molecule has 6 nitrogen and oxygen atoms in total. The van der Waals surface area contributed by atoms with Crippen LogP contribution in [0.3, 0.4) is 0 Å². The number of hydrogen-bond acceptors (Lipinski definition) is 6. The summed E-state index contributed by atoms with van der Waals surface area (Å²) in [5, 5.41) is 19.7. The molecule has 1 unspecified atom stereocenters. The van der Waals surface area contributed by atoms with E-state index in [9.17, 15) is 9.90 Å². The van der Waals surface area contributed by atoms with Crippen LogP contribution in [0.25, 0.3) is 0 Å². The third-order valence-corrected chi connectivity index (χ3v) is 5.27. The van der Waals surface area contributed by atoms with Gasteiger partial charge < -0.3 is 19.7 Å². The van der Waals surface area contributed by atoms with Crippen LogP contribution in [0.5, 0.6) is 11.5 Å². The highest BCUT2D eigenvalue weighted by atomic mass is 32.2. The van der Waals surface area contributed by atoms with E-state index in [1.54, 1.807) is 24.3 Å². The third-order valence-electron chi connectivity index (χ3n) is 4.41. The highest BCUT2D eigenvalue weighted by Crippen LogP contribution is 2.31. The van der Waals surface area contributed by atoms with Crippen LogP contribution in [0.1, 0.15) is 43.1 Å². The second-order valence-electron chi connectivity index (χ2n) is 6.41. The van der Waals surface area contributed by atoms with Crippen molar-refractivity contribution in [1.82, 2.24) is 0 Å². The van der Waals surface area contributed by atoms with Crippen LogP contribution in [0, 0.1) is 5.92 Å². The Morgan fingerprint density at radius 2 is 2.03 bits per heavy atom. The highest BCUT2D eigenvalue weighted by Gasteiger charge is 2.14. The van der Waals surface area contributed by atoms with E-state index < -0.39 is 5.97 Å². The lowest BCUT2D eigenvalue weighted by atomic mass is 9.96. The van der Waals surface area contributed by atoms with E-state index in [1.807, 2.05) is 19.1 Å². The molecule has 0 amide bonds. The molecule has 0 spiro atoms. The van der Waals surface area contributed by atoms with Crippen molar-refractivity contribution in [2.45, 2.75) is 27.2 Å². The first-order chi connectivity index (χ1) is 13.9. The van der Waals surface area contributed by atoms with Gasteiger partial charge in [-0.15, -0.1) is 0 Å². The van der Waals surface area contributed by atoms with E-state index in [0.717, 1.165) is 22.7 Å². The van der Waals surface area contributed by atoms with Gasteiger partial charge in [-0.3, -0.25) is 0 Å². The van der Waals surface area contributed by atoms with Gasteiger partial charge in [-0.2, -0.15) is 0 Å². The Labute approximate surface area is 175 Å². The summed E-state index contributed by atoms with van der Waals surface area (Å²) in [6.45, 7) is 6.09. The fourth-order valence-electron chi connectivity index (χ4n) is 2.60. The summed E-state index contributed by atoms with van der Waals surface area (Å²) in [7, 11) is 1.49. The largest absolute Gasteiger partial charge is 0.508 e. The van der Waals surface area contributed by atoms with E-state index in [0.29, 0.717) is 11.4 Å². The summed E-state index contributed by atoms with van der Waals surface area (Å²) in [4.78, 5) is 16.0. The summed E-state index contributed by atoms with van der Waals surface area (Å²) in [5.41, 5.74) is 2.57. The number of aromatic hydroxyl groups is 1. The van der Waals surface area contributed by atoms with Gasteiger partial charge in [0.05, 0.1) is 24.1 Å². The lowest BCUT2D eigenvalue weighted by molar-refractivity contribution is 0.0696. The number of aromatic carboxylic acids is 1. The Morgan fingerprint density at radius 3 is 2.62 bits per heavy atom. The van der Waals surface area contributed by atoms with Crippen molar-refractivity contribution in [2.24, 2.45) is 10.9 Å². The van der Waals surface area contributed by atoms with Gasteiger partial charge in [-0.05, 0) is 55.2 Å². The maximum atomic E-state index is 11.1. The molecule has 29 heavy (non-hydrogen) atoms. The van der Waals surface area contributed by atoms with Crippen molar-refractivity contribution >= 4 is 29.3 Å².